The van der Waals surface area contributed by atoms with Crippen LogP contribution in [0.4, 0.5) is 0 Å². The van der Waals surface area contributed by atoms with Crippen molar-refractivity contribution in [1.82, 2.24) is 0 Å². The van der Waals surface area contributed by atoms with Crippen LogP contribution in [0, 0.1) is 0 Å². The number of ketones is 1. The summed E-state index contributed by atoms with van der Waals surface area (Å²) in [6.45, 7) is 3.78. The van der Waals surface area contributed by atoms with E-state index in [1.165, 1.54) is 19.3 Å². The average molecular weight is 416 g/mol. The van der Waals surface area contributed by atoms with Gasteiger partial charge in [0, 0.05) is 25.2 Å². The van der Waals surface area contributed by atoms with Crippen LogP contribution in [-0.2, 0) is 19.1 Å². The molecule has 0 aliphatic carbocycles. The smallest absolute Gasteiger partial charge is 0.184 e. The number of carbonyl (C=O) groups excluding carboxylic acids is 2. The summed E-state index contributed by atoms with van der Waals surface area (Å²) in [7, 11) is 0. The molecule has 170 valence electrons. The summed E-state index contributed by atoms with van der Waals surface area (Å²) >= 11 is 0. The van der Waals surface area contributed by atoms with E-state index in [1.807, 2.05) is 6.92 Å². The molecule has 5 atom stereocenters. The molecule has 1 fully saturated rings. The first-order valence-corrected chi connectivity index (χ1v) is 11.2. The Labute approximate surface area is 174 Å². The molecule has 1 saturated heterocycles. The number of unbranched alkanes of at least 4 members (excludes halogenated alkanes) is 8. The zero-order valence-corrected chi connectivity index (χ0v) is 18.0. The lowest BCUT2D eigenvalue weighted by atomic mass is 10.0. The lowest BCUT2D eigenvalue weighted by Crippen LogP contribution is -2.48. The summed E-state index contributed by atoms with van der Waals surface area (Å²) in [4.78, 5) is 21.5. The van der Waals surface area contributed by atoms with E-state index in [-0.39, 0.29) is 24.4 Å². The number of carbonyl (C=O) groups is 2. The molecule has 0 saturated carbocycles. The van der Waals surface area contributed by atoms with Crippen molar-refractivity contribution in [2.75, 3.05) is 0 Å². The Balaban J connectivity index is 1.91. The van der Waals surface area contributed by atoms with Gasteiger partial charge >= 0.3 is 0 Å². The monoisotopic (exact) mass is 415 g/mol. The Morgan fingerprint density at radius 2 is 1.55 bits per heavy atom. The van der Waals surface area contributed by atoms with Gasteiger partial charge in [-0.15, -0.1) is 0 Å². The topological polar surface area (TPSA) is 116 Å². The van der Waals surface area contributed by atoms with Crippen molar-refractivity contribution >= 4 is 11.8 Å². The average Bonchev–Trinajstić information content (AvgIpc) is 2.63. The predicted octanol–water partition coefficient (Wildman–Crippen LogP) is 2.25. The van der Waals surface area contributed by atoms with Crippen molar-refractivity contribution in [3.63, 3.8) is 0 Å². The van der Waals surface area contributed by atoms with Gasteiger partial charge in [0.1, 0.15) is 11.9 Å². The molecule has 0 aromatic heterocycles. The van der Waals surface area contributed by atoms with Crippen molar-refractivity contribution in [2.24, 2.45) is 0 Å². The van der Waals surface area contributed by atoms with Gasteiger partial charge < -0.3 is 29.6 Å². The number of rotatable bonds is 16. The summed E-state index contributed by atoms with van der Waals surface area (Å²) in [6.07, 6.45) is 8.45. The van der Waals surface area contributed by atoms with Crippen LogP contribution in [0.5, 0.6) is 0 Å². The number of Topliss-reactive ketones (excluding diaryl/α,β-unsaturated/α-hetero) is 1. The summed E-state index contributed by atoms with van der Waals surface area (Å²) < 4.78 is 11.3. The minimum absolute atomic E-state index is 0.0108. The van der Waals surface area contributed by atoms with E-state index < -0.39 is 30.9 Å². The Bertz CT molecular complexity index is 468. The standard InChI is InChI=1S/C22H40O7/c1-16(28-22-20(25)15-19(24)17(2)29-22)12-10-8-6-4-3-5-7-9-11-13-18(23)14-21(26)27/h16-17,19-20,22,24-25H,3-15H2,1-2H3,(H,26,27)/p-1/t16-,17+,19-,20-,22-/m1/s1. The van der Waals surface area contributed by atoms with Crippen LogP contribution in [0.2, 0.25) is 0 Å². The maximum absolute atomic E-state index is 11.2. The van der Waals surface area contributed by atoms with Gasteiger partial charge in [0.25, 0.3) is 0 Å². The highest BCUT2D eigenvalue weighted by atomic mass is 16.7. The Morgan fingerprint density at radius 3 is 2.14 bits per heavy atom. The van der Waals surface area contributed by atoms with Gasteiger partial charge in [0.15, 0.2) is 6.29 Å². The number of hydrogen-bond donors (Lipinski definition) is 2. The molecule has 1 aliphatic heterocycles. The number of carboxylic acid groups (broad SMARTS) is 1. The van der Waals surface area contributed by atoms with Crippen molar-refractivity contribution in [3.8, 4) is 0 Å². The van der Waals surface area contributed by atoms with E-state index >= 15 is 0 Å². The van der Waals surface area contributed by atoms with Gasteiger partial charge in [-0.3, -0.25) is 4.79 Å². The molecular weight excluding hydrogens is 376 g/mol. The van der Waals surface area contributed by atoms with E-state index in [0.717, 1.165) is 44.9 Å². The van der Waals surface area contributed by atoms with E-state index in [4.69, 9.17) is 9.47 Å². The van der Waals surface area contributed by atoms with Crippen LogP contribution in [0.15, 0.2) is 0 Å². The maximum Gasteiger partial charge on any atom is 0.184 e. The fraction of sp³-hybridized carbons (Fsp3) is 0.909. The van der Waals surface area contributed by atoms with Crippen LogP contribution in [0.3, 0.4) is 0 Å². The Kier molecular flexibility index (Phi) is 13.4. The fourth-order valence-electron chi connectivity index (χ4n) is 3.60. The van der Waals surface area contributed by atoms with Crippen LogP contribution in [-0.4, -0.2) is 52.7 Å². The third kappa shape index (κ3) is 12.3. The number of aliphatic hydroxyl groups is 2. The molecule has 0 bridgehead atoms. The molecule has 29 heavy (non-hydrogen) atoms. The third-order valence-electron chi connectivity index (χ3n) is 5.46. The minimum atomic E-state index is -1.29. The first-order chi connectivity index (χ1) is 13.8. The highest BCUT2D eigenvalue weighted by molar-refractivity contribution is 5.93. The first kappa shape index (κ1) is 26.0. The second kappa shape index (κ2) is 14.9. The quantitative estimate of drug-likeness (QED) is 0.293. The van der Waals surface area contributed by atoms with E-state index in [9.17, 15) is 24.9 Å². The molecule has 1 aliphatic rings. The van der Waals surface area contributed by atoms with Gasteiger partial charge in [-0.05, 0) is 26.7 Å². The molecule has 1 rings (SSSR count). The number of hydrogen-bond acceptors (Lipinski definition) is 7. The fourth-order valence-corrected chi connectivity index (χ4v) is 3.60. The van der Waals surface area contributed by atoms with Crippen LogP contribution >= 0.6 is 0 Å². The van der Waals surface area contributed by atoms with Gasteiger partial charge in [0.05, 0.1) is 18.3 Å². The first-order valence-electron chi connectivity index (χ1n) is 11.2. The molecule has 0 spiro atoms. The molecule has 0 aromatic carbocycles. The molecule has 7 nitrogen and oxygen atoms in total. The predicted molar refractivity (Wildman–Crippen MR) is 107 cm³/mol. The molecule has 1 heterocycles. The number of ether oxygens (including phenoxy) is 2. The highest BCUT2D eigenvalue weighted by Crippen LogP contribution is 2.23. The molecule has 0 amide bonds. The third-order valence-corrected chi connectivity index (χ3v) is 5.46. The second-order valence-corrected chi connectivity index (χ2v) is 8.33. The Hall–Kier alpha value is -1.02. The maximum atomic E-state index is 11.2. The van der Waals surface area contributed by atoms with E-state index in [1.54, 1.807) is 6.92 Å². The zero-order valence-electron chi connectivity index (χ0n) is 18.0. The van der Waals surface area contributed by atoms with Crippen molar-refractivity contribution in [3.05, 3.63) is 0 Å². The lowest BCUT2D eigenvalue weighted by molar-refractivity contribution is -0.304. The number of aliphatic hydroxyl groups excluding tert-OH is 2. The summed E-state index contributed by atoms with van der Waals surface area (Å²) in [5.41, 5.74) is 0. The zero-order chi connectivity index (χ0) is 21.6. The number of carboxylic acids is 1. The van der Waals surface area contributed by atoms with Crippen LogP contribution in [0.25, 0.3) is 0 Å². The normalized spacial score (nSPS) is 25.7. The van der Waals surface area contributed by atoms with Crippen molar-refractivity contribution in [1.29, 1.82) is 0 Å². The van der Waals surface area contributed by atoms with Crippen molar-refractivity contribution in [2.45, 2.75) is 128 Å². The largest absolute Gasteiger partial charge is 0.550 e. The molecule has 7 heteroatoms. The van der Waals surface area contributed by atoms with E-state index in [2.05, 4.69) is 0 Å². The molecule has 0 unspecified atom stereocenters. The van der Waals surface area contributed by atoms with Gasteiger partial charge in [-0.1, -0.05) is 51.4 Å². The Morgan fingerprint density at radius 1 is 1.00 bits per heavy atom. The summed E-state index contributed by atoms with van der Waals surface area (Å²) in [6, 6.07) is 0. The SMILES string of the molecule is C[C@H](CCCCCCCCCCCC(=O)CC(=O)[O-])O[C@@H]1O[C@@H](C)[C@H](O)C[C@H]1O. The molecule has 0 aromatic rings. The van der Waals surface area contributed by atoms with Crippen LogP contribution < -0.4 is 5.11 Å². The van der Waals surface area contributed by atoms with Crippen LogP contribution in [0.1, 0.15) is 97.3 Å². The van der Waals surface area contributed by atoms with Crippen molar-refractivity contribution < 1.29 is 34.4 Å². The van der Waals surface area contributed by atoms with E-state index in [0.29, 0.717) is 6.42 Å². The highest BCUT2D eigenvalue weighted by Gasteiger charge is 2.35. The second-order valence-electron chi connectivity index (χ2n) is 8.33. The number of aliphatic carboxylic acids is 1. The molecular formula is C22H39O7-. The lowest BCUT2D eigenvalue weighted by Gasteiger charge is -2.36. The van der Waals surface area contributed by atoms with Gasteiger partial charge in [0.2, 0.25) is 0 Å². The molecule has 0 radical (unpaired) electrons. The molecule has 2 N–H and O–H groups in total. The summed E-state index contributed by atoms with van der Waals surface area (Å²) in [5.74, 6) is -1.52. The van der Waals surface area contributed by atoms with Gasteiger partial charge in [-0.2, -0.15) is 0 Å². The van der Waals surface area contributed by atoms with Gasteiger partial charge in [-0.25, -0.2) is 0 Å². The minimum Gasteiger partial charge on any atom is -0.550 e. The summed E-state index contributed by atoms with van der Waals surface area (Å²) in [5, 5.41) is 29.9.